The van der Waals surface area contributed by atoms with Crippen molar-refractivity contribution in [2.75, 3.05) is 13.4 Å². The van der Waals surface area contributed by atoms with E-state index in [2.05, 4.69) is 9.62 Å². The van der Waals surface area contributed by atoms with E-state index in [1.54, 1.807) is 0 Å². The number of ether oxygens (including phenoxy) is 1. The lowest BCUT2D eigenvalue weighted by atomic mass is 10.1. The second-order valence-corrected chi connectivity index (χ2v) is 3.17. The van der Waals surface area contributed by atoms with Gasteiger partial charge in [0, 0.05) is 0 Å². The van der Waals surface area contributed by atoms with Gasteiger partial charge in [0.2, 0.25) is 0 Å². The highest BCUT2D eigenvalue weighted by atomic mass is 17.2. The Morgan fingerprint density at radius 2 is 2.08 bits per heavy atom. The van der Waals surface area contributed by atoms with Crippen LogP contribution in [0.1, 0.15) is 27.2 Å². The lowest BCUT2D eigenvalue weighted by Crippen LogP contribution is -2.24. The summed E-state index contributed by atoms with van der Waals surface area (Å²) in [6.07, 6.45) is 0.798. The van der Waals surface area contributed by atoms with Crippen LogP contribution in [0.15, 0.2) is 0 Å². The first-order valence-corrected chi connectivity index (χ1v) is 4.08. The van der Waals surface area contributed by atoms with Crippen LogP contribution >= 0.6 is 0 Å². The molecule has 78 valence electrons. The summed E-state index contributed by atoms with van der Waals surface area (Å²) in [5.74, 6) is -1.03. The van der Waals surface area contributed by atoms with E-state index in [1.807, 2.05) is 20.8 Å². The molecule has 0 atom stereocenters. The monoisotopic (exact) mass is 192 g/mol. The van der Waals surface area contributed by atoms with Crippen LogP contribution in [0.3, 0.4) is 0 Å². The molecule has 0 unspecified atom stereocenters. The fourth-order valence-corrected chi connectivity index (χ4v) is 0.405. The Hall–Kier alpha value is -0.650. The van der Waals surface area contributed by atoms with Crippen molar-refractivity contribution in [1.29, 1.82) is 0 Å². The first-order valence-electron chi connectivity index (χ1n) is 4.08. The van der Waals surface area contributed by atoms with Crippen molar-refractivity contribution in [2.24, 2.45) is 0 Å². The molecule has 0 aliphatic heterocycles. The summed E-state index contributed by atoms with van der Waals surface area (Å²) >= 11 is 0. The van der Waals surface area contributed by atoms with E-state index in [-0.39, 0.29) is 19.0 Å². The zero-order valence-corrected chi connectivity index (χ0v) is 8.20. The van der Waals surface area contributed by atoms with Gasteiger partial charge in [0.05, 0.1) is 5.60 Å². The minimum atomic E-state index is -1.03. The van der Waals surface area contributed by atoms with Gasteiger partial charge in [-0.25, -0.2) is 14.6 Å². The average Bonchev–Trinajstić information content (AvgIpc) is 2.03. The minimum Gasteiger partial charge on any atom is -0.480 e. The van der Waals surface area contributed by atoms with Gasteiger partial charge in [0.1, 0.15) is 6.61 Å². The summed E-state index contributed by atoms with van der Waals surface area (Å²) in [6, 6.07) is 0. The smallest absolute Gasteiger partial charge is 0.329 e. The Morgan fingerprint density at radius 1 is 1.46 bits per heavy atom. The van der Waals surface area contributed by atoms with Gasteiger partial charge in [-0.15, -0.1) is 0 Å². The zero-order valence-electron chi connectivity index (χ0n) is 8.20. The summed E-state index contributed by atoms with van der Waals surface area (Å²) in [7, 11) is 0. The molecule has 0 amide bonds. The molecule has 0 aromatic heterocycles. The summed E-state index contributed by atoms with van der Waals surface area (Å²) in [5, 5.41) is 8.20. The fraction of sp³-hybridized carbons (Fsp3) is 0.875. The number of hydrogen-bond acceptors (Lipinski definition) is 4. The van der Waals surface area contributed by atoms with E-state index in [0.29, 0.717) is 0 Å². The first-order chi connectivity index (χ1) is 5.98. The maximum absolute atomic E-state index is 9.99. The van der Waals surface area contributed by atoms with Gasteiger partial charge in [0.25, 0.3) is 0 Å². The van der Waals surface area contributed by atoms with Crippen molar-refractivity contribution in [3.8, 4) is 0 Å². The van der Waals surface area contributed by atoms with Crippen molar-refractivity contribution in [2.45, 2.75) is 32.8 Å². The Morgan fingerprint density at radius 3 is 2.54 bits per heavy atom. The van der Waals surface area contributed by atoms with Gasteiger partial charge in [-0.3, -0.25) is 0 Å². The third kappa shape index (κ3) is 7.70. The molecule has 0 aromatic carbocycles. The topological polar surface area (TPSA) is 65.0 Å². The molecule has 0 spiro atoms. The molecule has 0 aliphatic rings. The third-order valence-corrected chi connectivity index (χ3v) is 1.49. The van der Waals surface area contributed by atoms with E-state index in [1.165, 1.54) is 0 Å². The normalized spacial score (nSPS) is 11.6. The number of hydrogen-bond donors (Lipinski definition) is 1. The molecule has 5 heteroatoms. The Kier molecular flexibility index (Phi) is 5.61. The van der Waals surface area contributed by atoms with Gasteiger partial charge < -0.3 is 9.84 Å². The van der Waals surface area contributed by atoms with Gasteiger partial charge in [0.15, 0.2) is 6.79 Å². The van der Waals surface area contributed by atoms with Crippen molar-refractivity contribution >= 4 is 5.97 Å². The Labute approximate surface area is 77.5 Å². The van der Waals surface area contributed by atoms with Crippen LogP contribution in [-0.4, -0.2) is 30.1 Å². The van der Waals surface area contributed by atoms with Crippen molar-refractivity contribution in [3.63, 3.8) is 0 Å². The fourth-order valence-electron chi connectivity index (χ4n) is 0.405. The number of carboxylic acid groups (broad SMARTS) is 1. The predicted octanol–water partition coefficient (Wildman–Crippen LogP) is 1.18. The number of aliphatic carboxylic acids is 1. The number of carbonyl (C=O) groups is 1. The molecule has 0 fully saturated rings. The van der Waals surface area contributed by atoms with Crippen LogP contribution in [0, 0.1) is 0 Å². The second-order valence-electron chi connectivity index (χ2n) is 3.17. The van der Waals surface area contributed by atoms with Crippen LogP contribution in [0.4, 0.5) is 0 Å². The number of rotatable bonds is 7. The van der Waals surface area contributed by atoms with E-state index in [0.717, 1.165) is 6.42 Å². The van der Waals surface area contributed by atoms with Crippen LogP contribution in [0.25, 0.3) is 0 Å². The molecular weight excluding hydrogens is 176 g/mol. The molecule has 0 rings (SSSR count). The lowest BCUT2D eigenvalue weighted by molar-refractivity contribution is -0.384. The summed E-state index contributed by atoms with van der Waals surface area (Å²) < 4.78 is 4.59. The maximum atomic E-state index is 9.99. The van der Waals surface area contributed by atoms with E-state index >= 15 is 0 Å². The Balaban J connectivity index is 3.30. The van der Waals surface area contributed by atoms with Crippen molar-refractivity contribution in [3.05, 3.63) is 0 Å². The highest BCUT2D eigenvalue weighted by Crippen LogP contribution is 2.13. The standard InChI is InChI=1S/C8H16O5/c1-4-8(2,3)13-12-6-11-5-7(9)10/h4-6H2,1-3H3,(H,9,10). The summed E-state index contributed by atoms with van der Waals surface area (Å²) in [5.41, 5.74) is -0.368. The summed E-state index contributed by atoms with van der Waals surface area (Å²) in [6.45, 7) is 5.14. The van der Waals surface area contributed by atoms with Gasteiger partial charge in [-0.1, -0.05) is 6.92 Å². The molecule has 0 saturated heterocycles. The largest absolute Gasteiger partial charge is 0.480 e. The molecule has 0 saturated carbocycles. The molecular formula is C8H16O5. The maximum Gasteiger partial charge on any atom is 0.329 e. The lowest BCUT2D eigenvalue weighted by Gasteiger charge is -2.20. The average molecular weight is 192 g/mol. The summed E-state index contributed by atoms with van der Waals surface area (Å²) in [4.78, 5) is 19.6. The number of carboxylic acids is 1. The van der Waals surface area contributed by atoms with Gasteiger partial charge in [-0.05, 0) is 20.3 Å². The molecule has 0 bridgehead atoms. The first kappa shape index (κ1) is 12.3. The molecule has 13 heavy (non-hydrogen) atoms. The van der Waals surface area contributed by atoms with Crippen molar-refractivity contribution in [1.82, 2.24) is 0 Å². The van der Waals surface area contributed by atoms with E-state index in [4.69, 9.17) is 9.99 Å². The molecule has 0 aromatic rings. The molecule has 0 radical (unpaired) electrons. The molecule has 1 N–H and O–H groups in total. The highest BCUT2D eigenvalue weighted by molar-refractivity contribution is 5.67. The van der Waals surface area contributed by atoms with Gasteiger partial charge in [-0.2, -0.15) is 0 Å². The van der Waals surface area contributed by atoms with Crippen molar-refractivity contribution < 1.29 is 24.4 Å². The molecule has 5 nitrogen and oxygen atoms in total. The van der Waals surface area contributed by atoms with E-state index in [9.17, 15) is 4.79 Å². The van der Waals surface area contributed by atoms with Crippen LogP contribution in [0.2, 0.25) is 0 Å². The van der Waals surface area contributed by atoms with E-state index < -0.39 is 5.97 Å². The van der Waals surface area contributed by atoms with Crippen LogP contribution in [0.5, 0.6) is 0 Å². The molecule has 0 heterocycles. The highest BCUT2D eigenvalue weighted by Gasteiger charge is 2.16. The van der Waals surface area contributed by atoms with Crippen LogP contribution < -0.4 is 0 Å². The minimum absolute atomic E-state index is 0.171. The predicted molar refractivity (Wildman–Crippen MR) is 45.0 cm³/mol. The Bertz CT molecular complexity index is 155. The second kappa shape index (κ2) is 5.90. The van der Waals surface area contributed by atoms with Crippen LogP contribution in [-0.2, 0) is 19.3 Å². The SMILES string of the molecule is CCC(C)(C)OOCOCC(=O)O. The molecule has 0 aliphatic carbocycles. The zero-order chi connectivity index (χ0) is 10.3. The quantitative estimate of drug-likeness (QED) is 0.284. The third-order valence-electron chi connectivity index (χ3n) is 1.49. The van der Waals surface area contributed by atoms with Gasteiger partial charge >= 0.3 is 5.97 Å².